The van der Waals surface area contributed by atoms with Crippen molar-refractivity contribution in [1.82, 2.24) is 19.7 Å². The summed E-state index contributed by atoms with van der Waals surface area (Å²) in [6.07, 6.45) is 5.69. The van der Waals surface area contributed by atoms with Gasteiger partial charge in [0.1, 0.15) is 5.82 Å². The Morgan fingerprint density at radius 2 is 2.18 bits per heavy atom. The van der Waals surface area contributed by atoms with E-state index in [1.54, 1.807) is 6.20 Å². The molecule has 3 heterocycles. The van der Waals surface area contributed by atoms with Crippen LogP contribution >= 0.6 is 23.1 Å². The lowest BCUT2D eigenvalue weighted by atomic mass is 10.1. The van der Waals surface area contributed by atoms with Gasteiger partial charge in [0.25, 0.3) is 0 Å². The van der Waals surface area contributed by atoms with Gasteiger partial charge in [0.15, 0.2) is 4.34 Å². The molecule has 1 saturated heterocycles. The normalized spacial score (nSPS) is 19.6. The van der Waals surface area contributed by atoms with Crippen LogP contribution in [-0.2, 0) is 0 Å². The van der Waals surface area contributed by atoms with E-state index in [2.05, 4.69) is 19.7 Å². The average Bonchev–Trinajstić information content (AvgIpc) is 3.06. The van der Waals surface area contributed by atoms with Crippen molar-refractivity contribution in [3.63, 3.8) is 0 Å². The second-order valence-corrected chi connectivity index (χ2v) is 7.29. The Morgan fingerprint density at radius 1 is 1.36 bits per heavy atom. The lowest BCUT2D eigenvalue weighted by molar-refractivity contribution is -0.0328. The second-order valence-electron chi connectivity index (χ2n) is 5.02. The summed E-state index contributed by atoms with van der Waals surface area (Å²) < 4.78 is 39.1. The Balaban J connectivity index is 1.71. The third-order valence-electron chi connectivity index (χ3n) is 3.52. The van der Waals surface area contributed by atoms with Gasteiger partial charge in [-0.2, -0.15) is 13.2 Å². The third-order valence-corrected chi connectivity index (χ3v) is 5.29. The topological polar surface area (TPSA) is 46.8 Å². The van der Waals surface area contributed by atoms with Crippen LogP contribution < -0.4 is 4.90 Å². The van der Waals surface area contributed by atoms with Crippen molar-refractivity contribution in [3.8, 4) is 0 Å². The predicted molar refractivity (Wildman–Crippen MR) is 79.3 cm³/mol. The lowest BCUT2D eigenvalue weighted by Gasteiger charge is -2.33. The van der Waals surface area contributed by atoms with Crippen LogP contribution in [0, 0.1) is 6.92 Å². The zero-order valence-corrected chi connectivity index (χ0v) is 13.4. The number of nitrogens with zero attached hydrogens (tertiary/aromatic N) is 5. The quantitative estimate of drug-likeness (QED) is 0.794. The number of halogens is 3. The molecule has 0 radical (unpaired) electrons. The molecule has 1 aliphatic heterocycles. The largest absolute Gasteiger partial charge is 0.448 e. The van der Waals surface area contributed by atoms with Gasteiger partial charge in [-0.15, -0.1) is 10.2 Å². The number of aromatic nitrogens is 4. The first-order valence-electron chi connectivity index (χ1n) is 6.76. The number of imidazole rings is 1. The summed E-state index contributed by atoms with van der Waals surface area (Å²) in [6.45, 7) is 3.44. The summed E-state index contributed by atoms with van der Waals surface area (Å²) in [5, 5.41) is 8.09. The summed E-state index contributed by atoms with van der Waals surface area (Å²) in [7, 11) is 0. The van der Waals surface area contributed by atoms with Gasteiger partial charge in [0.05, 0.1) is 6.04 Å². The first kappa shape index (κ1) is 15.6. The zero-order chi connectivity index (χ0) is 15.7. The van der Waals surface area contributed by atoms with E-state index in [9.17, 15) is 13.2 Å². The molecule has 22 heavy (non-hydrogen) atoms. The molecule has 5 nitrogen and oxygen atoms in total. The van der Waals surface area contributed by atoms with Crippen LogP contribution in [0.5, 0.6) is 0 Å². The minimum atomic E-state index is -4.32. The van der Waals surface area contributed by atoms with E-state index in [0.29, 0.717) is 11.7 Å². The molecule has 2 aromatic heterocycles. The molecular weight excluding hydrogens is 335 g/mol. The Kier molecular flexibility index (Phi) is 4.31. The smallest absolute Gasteiger partial charge is 0.345 e. The highest BCUT2D eigenvalue weighted by Gasteiger charge is 2.32. The van der Waals surface area contributed by atoms with Gasteiger partial charge in [-0.25, -0.2) is 4.98 Å². The van der Waals surface area contributed by atoms with Crippen molar-refractivity contribution >= 4 is 28.2 Å². The standard InChI is InChI=1S/C12H14F3N5S2/c1-8-16-4-6-20(8)9-3-2-5-19(7-9)10-17-18-11(21-10)22-12(13,14)15/h4,6,9H,2-3,5,7H2,1H3. The Hall–Kier alpha value is -1.29. The molecule has 10 heteroatoms. The maximum absolute atomic E-state index is 12.4. The average molecular weight is 349 g/mol. The SMILES string of the molecule is Cc1nccn1C1CCCN(c2nnc(SC(F)(F)F)s2)C1. The maximum Gasteiger partial charge on any atom is 0.448 e. The first-order valence-corrected chi connectivity index (χ1v) is 8.39. The van der Waals surface area contributed by atoms with E-state index in [1.165, 1.54) is 0 Å². The molecule has 3 rings (SSSR count). The number of hydrogen-bond donors (Lipinski definition) is 0. The molecule has 0 N–H and O–H groups in total. The van der Waals surface area contributed by atoms with Crippen LogP contribution in [0.3, 0.4) is 0 Å². The molecule has 120 valence electrons. The molecule has 1 fully saturated rings. The third kappa shape index (κ3) is 3.54. The van der Waals surface area contributed by atoms with E-state index >= 15 is 0 Å². The van der Waals surface area contributed by atoms with Gasteiger partial charge in [-0.05, 0) is 19.8 Å². The van der Waals surface area contributed by atoms with Crippen molar-refractivity contribution < 1.29 is 13.2 Å². The number of anilines is 1. The van der Waals surface area contributed by atoms with Gasteiger partial charge in [-0.1, -0.05) is 11.3 Å². The van der Waals surface area contributed by atoms with Crippen molar-refractivity contribution in [2.75, 3.05) is 18.0 Å². The van der Waals surface area contributed by atoms with Gasteiger partial charge >= 0.3 is 5.51 Å². The highest BCUT2D eigenvalue weighted by atomic mass is 32.2. The maximum atomic E-state index is 12.4. The Bertz CT molecular complexity index is 639. The second kappa shape index (κ2) is 6.07. The molecule has 1 aliphatic rings. The fourth-order valence-electron chi connectivity index (χ4n) is 2.60. The molecule has 0 spiro atoms. The summed E-state index contributed by atoms with van der Waals surface area (Å²) in [4.78, 5) is 6.23. The molecule has 0 aromatic carbocycles. The molecule has 0 bridgehead atoms. The van der Waals surface area contributed by atoms with Gasteiger partial charge in [-0.3, -0.25) is 0 Å². The Labute approximate surface area is 133 Å². The van der Waals surface area contributed by atoms with Crippen molar-refractivity contribution in [2.45, 2.75) is 35.7 Å². The molecule has 2 aromatic rings. The van der Waals surface area contributed by atoms with Crippen LogP contribution in [-0.4, -0.2) is 38.3 Å². The van der Waals surface area contributed by atoms with Crippen LogP contribution in [0.1, 0.15) is 24.7 Å². The van der Waals surface area contributed by atoms with Crippen molar-refractivity contribution in [2.24, 2.45) is 0 Å². The highest BCUT2D eigenvalue weighted by molar-refractivity contribution is 8.01. The van der Waals surface area contributed by atoms with E-state index in [1.807, 2.05) is 18.0 Å². The molecule has 0 saturated carbocycles. The first-order chi connectivity index (χ1) is 10.4. The lowest BCUT2D eigenvalue weighted by Crippen LogP contribution is -2.36. The number of piperidine rings is 1. The number of hydrogen-bond acceptors (Lipinski definition) is 6. The van der Waals surface area contributed by atoms with Crippen LogP contribution in [0.25, 0.3) is 0 Å². The fraction of sp³-hybridized carbons (Fsp3) is 0.583. The number of alkyl halides is 3. The van der Waals surface area contributed by atoms with E-state index in [-0.39, 0.29) is 22.1 Å². The minimum Gasteiger partial charge on any atom is -0.345 e. The van der Waals surface area contributed by atoms with Crippen molar-refractivity contribution in [3.05, 3.63) is 18.2 Å². The number of rotatable bonds is 3. The minimum absolute atomic E-state index is 0.0663. The summed E-state index contributed by atoms with van der Waals surface area (Å²) in [6, 6.07) is 0.263. The molecule has 0 aliphatic carbocycles. The summed E-state index contributed by atoms with van der Waals surface area (Å²) in [5.41, 5.74) is -4.32. The zero-order valence-electron chi connectivity index (χ0n) is 11.7. The fourth-order valence-corrected chi connectivity index (χ4v) is 4.17. The number of thioether (sulfide) groups is 1. The number of aryl methyl sites for hydroxylation is 1. The summed E-state index contributed by atoms with van der Waals surface area (Å²) in [5.74, 6) is 0.942. The monoisotopic (exact) mass is 349 g/mol. The van der Waals surface area contributed by atoms with Gasteiger partial charge in [0.2, 0.25) is 5.13 Å². The Morgan fingerprint density at radius 3 is 2.86 bits per heavy atom. The summed E-state index contributed by atoms with van der Waals surface area (Å²) >= 11 is 0.781. The molecule has 0 amide bonds. The molecule has 1 unspecified atom stereocenters. The van der Waals surface area contributed by atoms with E-state index in [0.717, 1.165) is 36.5 Å². The van der Waals surface area contributed by atoms with Crippen molar-refractivity contribution in [1.29, 1.82) is 0 Å². The van der Waals surface area contributed by atoms with Crippen LogP contribution in [0.2, 0.25) is 0 Å². The van der Waals surface area contributed by atoms with Crippen LogP contribution in [0.4, 0.5) is 18.3 Å². The predicted octanol–water partition coefficient (Wildman–Crippen LogP) is 3.50. The van der Waals surface area contributed by atoms with Crippen LogP contribution in [0.15, 0.2) is 16.7 Å². The molecular formula is C12H14F3N5S2. The molecule has 1 atom stereocenters. The van der Waals surface area contributed by atoms with E-state index in [4.69, 9.17) is 0 Å². The van der Waals surface area contributed by atoms with Gasteiger partial charge in [0, 0.05) is 37.2 Å². The van der Waals surface area contributed by atoms with Gasteiger partial charge < -0.3 is 9.47 Å². The highest BCUT2D eigenvalue weighted by Crippen LogP contribution is 2.40. The van der Waals surface area contributed by atoms with E-state index < -0.39 is 5.51 Å².